The molecule has 2 heterocycles. The van der Waals surface area contributed by atoms with Gasteiger partial charge in [-0.15, -0.1) is 10.2 Å². The lowest BCUT2D eigenvalue weighted by Crippen LogP contribution is -2.18. The van der Waals surface area contributed by atoms with Gasteiger partial charge in [0.1, 0.15) is 6.33 Å². The molecular formula is C11H16N6. The zero-order valence-corrected chi connectivity index (χ0v) is 9.87. The Labute approximate surface area is 99.3 Å². The highest BCUT2D eigenvalue weighted by atomic mass is 15.4. The maximum absolute atomic E-state index is 5.76. The van der Waals surface area contributed by atoms with E-state index < -0.39 is 0 Å². The Morgan fingerprint density at radius 1 is 1.29 bits per heavy atom. The molecule has 2 aromatic heterocycles. The van der Waals surface area contributed by atoms with Gasteiger partial charge in [-0.2, -0.15) is 9.61 Å². The van der Waals surface area contributed by atoms with Crippen molar-refractivity contribution in [2.45, 2.75) is 38.5 Å². The van der Waals surface area contributed by atoms with Gasteiger partial charge >= 0.3 is 0 Å². The van der Waals surface area contributed by atoms with Crippen molar-refractivity contribution in [1.29, 1.82) is 0 Å². The van der Waals surface area contributed by atoms with Gasteiger partial charge in [0.25, 0.3) is 0 Å². The Balaban J connectivity index is 2.08. The topological polar surface area (TPSA) is 82.0 Å². The predicted molar refractivity (Wildman–Crippen MR) is 63.4 cm³/mol. The Bertz CT molecular complexity index is 534. The Hall–Kier alpha value is -1.72. The molecule has 0 amide bonds. The van der Waals surface area contributed by atoms with Crippen LogP contribution >= 0.6 is 0 Å². The highest BCUT2D eigenvalue weighted by molar-refractivity contribution is 5.57. The van der Waals surface area contributed by atoms with Crippen LogP contribution in [-0.4, -0.2) is 24.8 Å². The van der Waals surface area contributed by atoms with Gasteiger partial charge in [0.05, 0.1) is 0 Å². The van der Waals surface area contributed by atoms with Crippen LogP contribution in [0.4, 0.5) is 5.82 Å². The van der Waals surface area contributed by atoms with Crippen molar-refractivity contribution in [1.82, 2.24) is 24.8 Å². The first-order chi connectivity index (χ1) is 8.27. The molecule has 17 heavy (non-hydrogen) atoms. The molecule has 90 valence electrons. The lowest BCUT2D eigenvalue weighted by atomic mass is 9.80. The maximum atomic E-state index is 5.76. The van der Waals surface area contributed by atoms with E-state index in [0.717, 1.165) is 12.2 Å². The predicted octanol–water partition coefficient (Wildman–Crippen LogP) is 1.40. The number of nitrogens with zero attached hydrogens (tertiary/aromatic N) is 5. The minimum Gasteiger partial charge on any atom is -0.380 e. The molecule has 0 bridgehead atoms. The zero-order chi connectivity index (χ0) is 11.8. The number of anilines is 1. The molecule has 2 atom stereocenters. The van der Waals surface area contributed by atoms with Gasteiger partial charge in [0.2, 0.25) is 5.65 Å². The standard InChI is InChI=1S/C11H16N6/c1-7-4-2-3-5-8(7)10-15-16-11-9(12)13-6-14-17(10)11/h6-8H,2-5H2,1H3,(H2,12,13,14)/t7-,8+/m1/s1. The second kappa shape index (κ2) is 3.94. The minimum absolute atomic E-state index is 0.391. The molecule has 0 saturated heterocycles. The highest BCUT2D eigenvalue weighted by Crippen LogP contribution is 2.36. The van der Waals surface area contributed by atoms with Crippen molar-refractivity contribution in [3.63, 3.8) is 0 Å². The van der Waals surface area contributed by atoms with E-state index in [9.17, 15) is 0 Å². The third kappa shape index (κ3) is 1.64. The Morgan fingerprint density at radius 3 is 2.94 bits per heavy atom. The molecule has 0 spiro atoms. The van der Waals surface area contributed by atoms with Crippen molar-refractivity contribution < 1.29 is 0 Å². The third-order valence-electron chi connectivity index (χ3n) is 3.70. The normalized spacial score (nSPS) is 25.2. The van der Waals surface area contributed by atoms with Crippen molar-refractivity contribution in [2.75, 3.05) is 5.73 Å². The molecule has 3 rings (SSSR count). The Kier molecular flexibility index (Phi) is 2.42. The van der Waals surface area contributed by atoms with E-state index in [-0.39, 0.29) is 0 Å². The van der Waals surface area contributed by atoms with Gasteiger partial charge in [0, 0.05) is 5.92 Å². The fraction of sp³-hybridized carbons (Fsp3) is 0.636. The number of hydrogen-bond acceptors (Lipinski definition) is 5. The summed E-state index contributed by atoms with van der Waals surface area (Å²) >= 11 is 0. The number of rotatable bonds is 1. The van der Waals surface area contributed by atoms with E-state index in [1.165, 1.54) is 25.6 Å². The number of nitrogen functional groups attached to an aromatic ring is 1. The van der Waals surface area contributed by atoms with E-state index in [1.807, 2.05) is 0 Å². The molecule has 0 aromatic carbocycles. The molecule has 1 aliphatic carbocycles. The second-order valence-electron chi connectivity index (χ2n) is 4.81. The highest BCUT2D eigenvalue weighted by Gasteiger charge is 2.27. The number of fused-ring (bicyclic) bond motifs is 1. The average molecular weight is 232 g/mol. The van der Waals surface area contributed by atoms with Gasteiger partial charge in [-0.3, -0.25) is 0 Å². The maximum Gasteiger partial charge on any atom is 0.220 e. The summed E-state index contributed by atoms with van der Waals surface area (Å²) < 4.78 is 1.74. The van der Waals surface area contributed by atoms with Crippen LogP contribution in [0.2, 0.25) is 0 Å². The van der Waals surface area contributed by atoms with Crippen LogP contribution in [-0.2, 0) is 0 Å². The summed E-state index contributed by atoms with van der Waals surface area (Å²) in [6.45, 7) is 2.27. The van der Waals surface area contributed by atoms with Crippen LogP contribution in [0.5, 0.6) is 0 Å². The molecule has 2 aromatic rings. The van der Waals surface area contributed by atoms with Crippen molar-refractivity contribution in [2.24, 2.45) is 5.92 Å². The van der Waals surface area contributed by atoms with E-state index in [4.69, 9.17) is 5.73 Å². The third-order valence-corrected chi connectivity index (χ3v) is 3.70. The van der Waals surface area contributed by atoms with E-state index in [0.29, 0.717) is 23.3 Å². The molecule has 1 aliphatic rings. The summed E-state index contributed by atoms with van der Waals surface area (Å²) in [7, 11) is 0. The molecule has 1 fully saturated rings. The molecule has 0 aliphatic heterocycles. The summed E-state index contributed by atoms with van der Waals surface area (Å²) in [5, 5.41) is 12.6. The van der Waals surface area contributed by atoms with Crippen molar-refractivity contribution in [3.05, 3.63) is 12.2 Å². The second-order valence-corrected chi connectivity index (χ2v) is 4.81. The van der Waals surface area contributed by atoms with E-state index in [1.54, 1.807) is 4.52 Å². The first-order valence-electron chi connectivity index (χ1n) is 6.09. The average Bonchev–Trinajstić information content (AvgIpc) is 2.75. The van der Waals surface area contributed by atoms with Crippen LogP contribution in [0, 0.1) is 5.92 Å². The van der Waals surface area contributed by atoms with E-state index in [2.05, 4.69) is 27.2 Å². The summed E-state index contributed by atoms with van der Waals surface area (Å²) in [5.74, 6) is 2.39. The quantitative estimate of drug-likeness (QED) is 0.803. The van der Waals surface area contributed by atoms with Crippen molar-refractivity contribution in [3.8, 4) is 0 Å². The lowest BCUT2D eigenvalue weighted by Gasteiger charge is -2.26. The van der Waals surface area contributed by atoms with Crippen LogP contribution in [0.1, 0.15) is 44.3 Å². The first-order valence-corrected chi connectivity index (χ1v) is 6.09. The molecule has 6 heteroatoms. The SMILES string of the molecule is C[C@@H]1CCCC[C@@H]1c1nnc2c(N)ncnn12. The Morgan fingerprint density at radius 2 is 2.12 bits per heavy atom. The van der Waals surface area contributed by atoms with Gasteiger partial charge in [0.15, 0.2) is 11.6 Å². The molecule has 2 N–H and O–H groups in total. The molecule has 0 unspecified atom stereocenters. The van der Waals surface area contributed by atoms with E-state index >= 15 is 0 Å². The van der Waals surface area contributed by atoms with Crippen LogP contribution in [0.15, 0.2) is 6.33 Å². The van der Waals surface area contributed by atoms with Gasteiger partial charge in [-0.05, 0) is 12.3 Å². The monoisotopic (exact) mass is 232 g/mol. The summed E-state index contributed by atoms with van der Waals surface area (Å²) in [4.78, 5) is 3.93. The van der Waals surface area contributed by atoms with Crippen molar-refractivity contribution >= 4 is 11.5 Å². The minimum atomic E-state index is 0.391. The summed E-state index contributed by atoms with van der Waals surface area (Å²) in [6, 6.07) is 0. The van der Waals surface area contributed by atoms with Crippen LogP contribution < -0.4 is 5.73 Å². The largest absolute Gasteiger partial charge is 0.380 e. The number of aromatic nitrogens is 5. The van der Waals surface area contributed by atoms with Crippen LogP contribution in [0.3, 0.4) is 0 Å². The summed E-state index contributed by atoms with van der Waals surface area (Å²) in [5.41, 5.74) is 6.33. The smallest absolute Gasteiger partial charge is 0.220 e. The van der Waals surface area contributed by atoms with Crippen LogP contribution in [0.25, 0.3) is 5.65 Å². The molecule has 1 saturated carbocycles. The zero-order valence-electron chi connectivity index (χ0n) is 9.87. The summed E-state index contributed by atoms with van der Waals surface area (Å²) in [6.07, 6.45) is 6.44. The molecule has 0 radical (unpaired) electrons. The number of hydrogen-bond donors (Lipinski definition) is 1. The van der Waals surface area contributed by atoms with Gasteiger partial charge in [-0.25, -0.2) is 4.98 Å². The number of nitrogens with two attached hydrogens (primary N) is 1. The fourth-order valence-corrected chi connectivity index (χ4v) is 2.69. The molecular weight excluding hydrogens is 216 g/mol. The van der Waals surface area contributed by atoms with Gasteiger partial charge < -0.3 is 5.73 Å². The first kappa shape index (κ1) is 10.4. The lowest BCUT2D eigenvalue weighted by molar-refractivity contribution is 0.316. The fourth-order valence-electron chi connectivity index (χ4n) is 2.69. The molecule has 6 nitrogen and oxygen atoms in total. The van der Waals surface area contributed by atoms with Gasteiger partial charge in [-0.1, -0.05) is 26.2 Å².